The molecule has 0 aromatic carbocycles. The predicted octanol–water partition coefficient (Wildman–Crippen LogP) is 2.93. The Morgan fingerprint density at radius 2 is 2.00 bits per heavy atom. The van der Waals surface area contributed by atoms with Gasteiger partial charge in [0, 0.05) is 25.0 Å². The normalized spacial score (nSPS) is 26.6. The van der Waals surface area contributed by atoms with Crippen LogP contribution in [0.5, 0.6) is 0 Å². The van der Waals surface area contributed by atoms with E-state index in [0.29, 0.717) is 5.91 Å². The van der Waals surface area contributed by atoms with Crippen LogP contribution in [-0.4, -0.2) is 29.9 Å². The van der Waals surface area contributed by atoms with Crippen molar-refractivity contribution in [2.75, 3.05) is 13.1 Å². The Bertz CT molecular complexity index is 286. The zero-order valence-electron chi connectivity index (χ0n) is 12.4. The smallest absolute Gasteiger partial charge is 0.225 e. The highest BCUT2D eigenvalue weighted by atomic mass is 16.2. The molecule has 0 spiro atoms. The molecule has 1 aliphatic carbocycles. The van der Waals surface area contributed by atoms with Crippen LogP contribution in [0.1, 0.15) is 64.7 Å². The summed E-state index contributed by atoms with van der Waals surface area (Å²) in [5, 5.41) is 0. The quantitative estimate of drug-likeness (QED) is 0.831. The number of rotatable bonds is 5. The van der Waals surface area contributed by atoms with Crippen molar-refractivity contribution in [3.8, 4) is 0 Å². The van der Waals surface area contributed by atoms with Gasteiger partial charge in [0.25, 0.3) is 0 Å². The van der Waals surface area contributed by atoms with Gasteiger partial charge >= 0.3 is 0 Å². The van der Waals surface area contributed by atoms with E-state index < -0.39 is 0 Å². The van der Waals surface area contributed by atoms with Gasteiger partial charge < -0.3 is 10.6 Å². The van der Waals surface area contributed by atoms with Crippen molar-refractivity contribution >= 4 is 5.91 Å². The lowest BCUT2D eigenvalue weighted by molar-refractivity contribution is -0.135. The second-order valence-electron chi connectivity index (χ2n) is 6.56. The van der Waals surface area contributed by atoms with Crippen molar-refractivity contribution in [3.63, 3.8) is 0 Å². The molecule has 1 heterocycles. The lowest BCUT2D eigenvalue weighted by atomic mass is 9.81. The van der Waals surface area contributed by atoms with Crippen molar-refractivity contribution in [3.05, 3.63) is 0 Å². The van der Waals surface area contributed by atoms with Crippen LogP contribution in [0.4, 0.5) is 0 Å². The van der Waals surface area contributed by atoms with Gasteiger partial charge in [-0.25, -0.2) is 0 Å². The molecule has 0 aromatic heterocycles. The van der Waals surface area contributed by atoms with Gasteiger partial charge in [-0.2, -0.15) is 0 Å². The molecular weight excluding hydrogens is 236 g/mol. The number of nitrogens with two attached hydrogens (primary N) is 1. The number of nitrogens with zero attached hydrogens (tertiary/aromatic N) is 1. The first kappa shape index (κ1) is 14.8. The van der Waals surface area contributed by atoms with Gasteiger partial charge in [-0.15, -0.1) is 0 Å². The van der Waals surface area contributed by atoms with Crippen LogP contribution in [0.2, 0.25) is 0 Å². The molecular formula is C16H30N2O. The van der Waals surface area contributed by atoms with Gasteiger partial charge in [0.15, 0.2) is 0 Å². The minimum absolute atomic E-state index is 0.209. The summed E-state index contributed by atoms with van der Waals surface area (Å²) in [5.74, 6) is 1.45. The van der Waals surface area contributed by atoms with Crippen LogP contribution in [-0.2, 0) is 4.79 Å². The number of likely N-dealkylation sites (tertiary alicyclic amines) is 1. The molecule has 0 radical (unpaired) electrons. The van der Waals surface area contributed by atoms with E-state index in [-0.39, 0.29) is 12.0 Å². The molecule has 0 bridgehead atoms. The number of hydrogen-bond acceptors (Lipinski definition) is 2. The SMILES string of the molecule is CCCC(CC1CCCCC1)C(=O)N1CC[C@@H](N)C1. The molecule has 1 saturated heterocycles. The van der Waals surface area contributed by atoms with E-state index in [1.54, 1.807) is 0 Å². The molecule has 2 rings (SSSR count). The van der Waals surface area contributed by atoms with Crippen LogP contribution < -0.4 is 5.73 Å². The van der Waals surface area contributed by atoms with E-state index in [4.69, 9.17) is 5.73 Å². The Morgan fingerprint density at radius 1 is 1.26 bits per heavy atom. The van der Waals surface area contributed by atoms with Crippen LogP contribution in [0.25, 0.3) is 0 Å². The molecule has 3 nitrogen and oxygen atoms in total. The molecule has 2 atom stereocenters. The standard InChI is InChI=1S/C16H30N2O/c1-2-6-14(11-13-7-4-3-5-8-13)16(19)18-10-9-15(17)12-18/h13-15H,2-12,17H2,1H3/t14?,15-/m1/s1. The van der Waals surface area contributed by atoms with Crippen molar-refractivity contribution in [1.29, 1.82) is 0 Å². The van der Waals surface area contributed by atoms with Crippen LogP contribution in [0, 0.1) is 11.8 Å². The summed E-state index contributed by atoms with van der Waals surface area (Å²) in [6.45, 7) is 3.85. The maximum atomic E-state index is 12.6. The molecule has 1 aliphatic heterocycles. The average Bonchev–Trinajstić information content (AvgIpc) is 2.85. The molecule has 19 heavy (non-hydrogen) atoms. The van der Waals surface area contributed by atoms with Gasteiger partial charge in [0.05, 0.1) is 0 Å². The third-order valence-corrected chi connectivity index (χ3v) is 4.87. The number of amides is 1. The van der Waals surface area contributed by atoms with Crippen LogP contribution >= 0.6 is 0 Å². The Balaban J connectivity index is 1.88. The summed E-state index contributed by atoms with van der Waals surface area (Å²) in [4.78, 5) is 14.6. The van der Waals surface area contributed by atoms with Gasteiger partial charge in [0.2, 0.25) is 5.91 Å². The van der Waals surface area contributed by atoms with E-state index in [9.17, 15) is 4.79 Å². The summed E-state index contributed by atoms with van der Waals surface area (Å²) < 4.78 is 0. The Hall–Kier alpha value is -0.570. The Morgan fingerprint density at radius 3 is 2.58 bits per heavy atom. The zero-order valence-corrected chi connectivity index (χ0v) is 12.4. The lowest BCUT2D eigenvalue weighted by Crippen LogP contribution is -2.37. The fraction of sp³-hybridized carbons (Fsp3) is 0.938. The second kappa shape index (κ2) is 7.28. The number of hydrogen-bond donors (Lipinski definition) is 1. The maximum absolute atomic E-state index is 12.6. The first-order valence-corrected chi connectivity index (χ1v) is 8.25. The first-order chi connectivity index (χ1) is 9.20. The summed E-state index contributed by atoms with van der Waals surface area (Å²) in [6, 6.07) is 0.209. The van der Waals surface area contributed by atoms with Crippen LogP contribution in [0.3, 0.4) is 0 Å². The highest BCUT2D eigenvalue weighted by Gasteiger charge is 2.30. The van der Waals surface area contributed by atoms with E-state index in [0.717, 1.165) is 44.7 Å². The molecule has 2 aliphatic rings. The second-order valence-corrected chi connectivity index (χ2v) is 6.56. The van der Waals surface area contributed by atoms with Gasteiger partial charge in [0.1, 0.15) is 0 Å². The predicted molar refractivity (Wildman–Crippen MR) is 78.8 cm³/mol. The first-order valence-electron chi connectivity index (χ1n) is 8.25. The molecule has 1 unspecified atom stereocenters. The topological polar surface area (TPSA) is 46.3 Å². The lowest BCUT2D eigenvalue weighted by Gasteiger charge is -2.28. The minimum Gasteiger partial charge on any atom is -0.341 e. The molecule has 1 saturated carbocycles. The fourth-order valence-electron chi connectivity index (χ4n) is 3.76. The van der Waals surface area contributed by atoms with E-state index in [1.807, 2.05) is 4.90 Å². The molecule has 110 valence electrons. The average molecular weight is 266 g/mol. The van der Waals surface area contributed by atoms with Gasteiger partial charge in [-0.1, -0.05) is 45.4 Å². The summed E-state index contributed by atoms with van der Waals surface area (Å²) in [7, 11) is 0. The van der Waals surface area contributed by atoms with Gasteiger partial charge in [-0.05, 0) is 25.2 Å². The van der Waals surface area contributed by atoms with E-state index in [1.165, 1.54) is 32.1 Å². The van der Waals surface area contributed by atoms with Crippen molar-refractivity contribution in [1.82, 2.24) is 4.90 Å². The highest BCUT2D eigenvalue weighted by molar-refractivity contribution is 5.79. The fourth-order valence-corrected chi connectivity index (χ4v) is 3.76. The third-order valence-electron chi connectivity index (χ3n) is 4.87. The minimum atomic E-state index is 0.209. The Labute approximate surface area is 117 Å². The molecule has 0 aromatic rings. The molecule has 2 N–H and O–H groups in total. The summed E-state index contributed by atoms with van der Waals surface area (Å²) in [5.41, 5.74) is 5.93. The maximum Gasteiger partial charge on any atom is 0.225 e. The van der Waals surface area contributed by atoms with Crippen molar-refractivity contribution in [2.24, 2.45) is 17.6 Å². The number of carbonyl (C=O) groups is 1. The van der Waals surface area contributed by atoms with E-state index in [2.05, 4.69) is 6.92 Å². The monoisotopic (exact) mass is 266 g/mol. The van der Waals surface area contributed by atoms with Gasteiger partial charge in [-0.3, -0.25) is 4.79 Å². The van der Waals surface area contributed by atoms with Crippen LogP contribution in [0.15, 0.2) is 0 Å². The summed E-state index contributed by atoms with van der Waals surface area (Å²) in [6.07, 6.45) is 11.1. The van der Waals surface area contributed by atoms with E-state index >= 15 is 0 Å². The zero-order chi connectivity index (χ0) is 13.7. The number of carbonyl (C=O) groups excluding carboxylic acids is 1. The van der Waals surface area contributed by atoms with Crippen molar-refractivity contribution < 1.29 is 4.79 Å². The third kappa shape index (κ3) is 4.20. The molecule has 2 fully saturated rings. The molecule has 1 amide bonds. The highest BCUT2D eigenvalue weighted by Crippen LogP contribution is 2.31. The summed E-state index contributed by atoms with van der Waals surface area (Å²) >= 11 is 0. The molecule has 3 heteroatoms. The van der Waals surface area contributed by atoms with Crippen molar-refractivity contribution in [2.45, 2.75) is 70.8 Å². The largest absolute Gasteiger partial charge is 0.341 e. The Kier molecular flexibility index (Phi) is 5.68.